The van der Waals surface area contributed by atoms with E-state index in [0.29, 0.717) is 24.2 Å². The summed E-state index contributed by atoms with van der Waals surface area (Å²) in [6.07, 6.45) is 2.00. The minimum atomic E-state index is -0.577. The molecule has 0 aliphatic heterocycles. The van der Waals surface area contributed by atoms with Gasteiger partial charge in [0.2, 0.25) is 0 Å². The fourth-order valence-corrected chi connectivity index (χ4v) is 3.72. The van der Waals surface area contributed by atoms with Crippen LogP contribution in [-0.2, 0) is 6.42 Å². The minimum absolute atomic E-state index is 0.398. The predicted octanol–water partition coefficient (Wildman–Crippen LogP) is 3.39. The van der Waals surface area contributed by atoms with E-state index in [1.165, 1.54) is 4.70 Å². The van der Waals surface area contributed by atoms with E-state index in [1.807, 2.05) is 24.3 Å². The highest BCUT2D eigenvalue weighted by atomic mass is 35.5. The van der Waals surface area contributed by atoms with Crippen LogP contribution >= 0.6 is 22.9 Å². The van der Waals surface area contributed by atoms with Crippen LogP contribution in [0.1, 0.15) is 16.5 Å². The molecule has 0 aliphatic carbocycles. The van der Waals surface area contributed by atoms with Gasteiger partial charge in [-0.05, 0) is 35.6 Å². The van der Waals surface area contributed by atoms with Gasteiger partial charge in [-0.15, -0.1) is 11.3 Å². The number of nitrogens with zero attached hydrogens (tertiary/aromatic N) is 2. The second kappa shape index (κ2) is 8.98. The Labute approximate surface area is 161 Å². The number of pyridine rings is 1. The first-order valence-corrected chi connectivity index (χ1v) is 9.56. The van der Waals surface area contributed by atoms with Gasteiger partial charge >= 0.3 is 0 Å². The van der Waals surface area contributed by atoms with Crippen molar-refractivity contribution in [3.05, 3.63) is 64.3 Å². The van der Waals surface area contributed by atoms with E-state index in [9.17, 15) is 5.11 Å². The topological polar surface area (TPSA) is 69.5 Å². The molecular weight excluding hydrogens is 368 g/mol. The predicted molar refractivity (Wildman–Crippen MR) is 109 cm³/mol. The summed E-state index contributed by atoms with van der Waals surface area (Å²) in [5.41, 5.74) is 1.10. The molecule has 3 aromatic rings. The zero-order valence-electron chi connectivity index (χ0n) is 14.4. The highest BCUT2D eigenvalue weighted by Crippen LogP contribution is 2.29. The van der Waals surface area contributed by atoms with Crippen molar-refractivity contribution in [2.24, 2.45) is 4.99 Å². The summed E-state index contributed by atoms with van der Waals surface area (Å²) < 4.78 is 1.18. The summed E-state index contributed by atoms with van der Waals surface area (Å²) in [6.45, 7) is 1.11. The van der Waals surface area contributed by atoms with Gasteiger partial charge in [-0.25, -0.2) is 4.98 Å². The van der Waals surface area contributed by atoms with E-state index in [-0.39, 0.29) is 0 Å². The highest BCUT2D eigenvalue weighted by molar-refractivity contribution is 7.19. The van der Waals surface area contributed by atoms with Crippen LogP contribution in [0, 0.1) is 0 Å². The van der Waals surface area contributed by atoms with Gasteiger partial charge < -0.3 is 15.7 Å². The van der Waals surface area contributed by atoms with E-state index in [4.69, 9.17) is 11.6 Å². The molecule has 0 fully saturated rings. The molecule has 136 valence electrons. The average Bonchev–Trinajstić information content (AvgIpc) is 3.10. The zero-order chi connectivity index (χ0) is 18.4. The molecule has 1 aromatic carbocycles. The Kier molecular flexibility index (Phi) is 6.44. The number of halogens is 1. The number of hydrogen-bond acceptors (Lipinski definition) is 4. The molecule has 0 saturated heterocycles. The van der Waals surface area contributed by atoms with Gasteiger partial charge in [0, 0.05) is 35.9 Å². The van der Waals surface area contributed by atoms with Crippen molar-refractivity contribution in [1.82, 2.24) is 15.6 Å². The van der Waals surface area contributed by atoms with Gasteiger partial charge in [0.05, 0.1) is 0 Å². The number of fused-ring (bicyclic) bond motifs is 1. The normalized spacial score (nSPS) is 13.0. The molecule has 1 atom stereocenters. The first-order valence-electron chi connectivity index (χ1n) is 8.37. The van der Waals surface area contributed by atoms with Gasteiger partial charge in [-0.3, -0.25) is 4.99 Å². The van der Waals surface area contributed by atoms with Crippen LogP contribution in [0.25, 0.3) is 10.1 Å². The van der Waals surface area contributed by atoms with Gasteiger partial charge in [0.1, 0.15) is 11.3 Å². The lowest BCUT2D eigenvalue weighted by Crippen LogP contribution is -2.40. The lowest BCUT2D eigenvalue weighted by Gasteiger charge is -2.14. The Morgan fingerprint density at radius 1 is 1.27 bits per heavy atom. The smallest absolute Gasteiger partial charge is 0.191 e. The Morgan fingerprint density at radius 2 is 2.12 bits per heavy atom. The average molecular weight is 389 g/mol. The number of rotatable bonds is 6. The number of aromatic nitrogens is 1. The monoisotopic (exact) mass is 388 g/mol. The maximum Gasteiger partial charge on any atom is 0.191 e. The van der Waals surface area contributed by atoms with Gasteiger partial charge in [-0.2, -0.15) is 0 Å². The fraction of sp³-hybridized carbons (Fsp3) is 0.263. The Morgan fingerprint density at radius 3 is 2.85 bits per heavy atom. The largest absolute Gasteiger partial charge is 0.386 e. The van der Waals surface area contributed by atoms with Crippen molar-refractivity contribution in [1.29, 1.82) is 0 Å². The molecule has 3 N–H and O–H groups in total. The van der Waals surface area contributed by atoms with E-state index in [0.717, 1.165) is 22.2 Å². The first-order chi connectivity index (χ1) is 12.7. The SMILES string of the molecule is CN=C(NCCc1ccc(Cl)nc1)NCC(O)c1cc2ccccc2s1. The zero-order valence-corrected chi connectivity index (χ0v) is 16.0. The Hall–Kier alpha value is -2.15. The van der Waals surface area contributed by atoms with Crippen molar-refractivity contribution >= 4 is 39.0 Å². The molecule has 1 unspecified atom stereocenters. The van der Waals surface area contributed by atoms with Crippen molar-refractivity contribution in [2.75, 3.05) is 20.1 Å². The molecule has 26 heavy (non-hydrogen) atoms. The fourth-order valence-electron chi connectivity index (χ4n) is 2.56. The summed E-state index contributed by atoms with van der Waals surface area (Å²) in [5.74, 6) is 0.659. The van der Waals surface area contributed by atoms with Crippen LogP contribution in [0.15, 0.2) is 53.7 Å². The second-order valence-corrected chi connectivity index (χ2v) is 7.32. The lowest BCUT2D eigenvalue weighted by atomic mass is 10.2. The first kappa shape index (κ1) is 18.6. The number of benzene rings is 1. The molecule has 2 aromatic heterocycles. The second-order valence-electron chi connectivity index (χ2n) is 5.82. The van der Waals surface area contributed by atoms with Crippen LogP contribution < -0.4 is 10.6 Å². The van der Waals surface area contributed by atoms with Gasteiger partial charge in [0.25, 0.3) is 0 Å². The van der Waals surface area contributed by atoms with Crippen molar-refractivity contribution in [3.63, 3.8) is 0 Å². The summed E-state index contributed by atoms with van der Waals surface area (Å²) in [4.78, 5) is 9.21. The highest BCUT2D eigenvalue weighted by Gasteiger charge is 2.12. The third-order valence-electron chi connectivity index (χ3n) is 3.95. The van der Waals surface area contributed by atoms with Crippen molar-refractivity contribution < 1.29 is 5.11 Å². The standard InChI is InChI=1S/C19H21ClN4OS/c1-21-19(22-9-8-13-6-7-18(20)23-11-13)24-12-15(25)17-10-14-4-2-3-5-16(14)26-17/h2-7,10-11,15,25H,8-9,12H2,1H3,(H2,21,22,24). The Balaban J connectivity index is 1.48. The summed E-state index contributed by atoms with van der Waals surface area (Å²) in [6, 6.07) is 13.9. The van der Waals surface area contributed by atoms with Gasteiger partial charge in [-0.1, -0.05) is 35.9 Å². The number of nitrogens with one attached hydrogen (secondary N) is 2. The van der Waals surface area contributed by atoms with E-state index in [2.05, 4.69) is 32.7 Å². The van der Waals surface area contributed by atoms with E-state index >= 15 is 0 Å². The minimum Gasteiger partial charge on any atom is -0.386 e. The quantitative estimate of drug-likeness (QED) is 0.344. The summed E-state index contributed by atoms with van der Waals surface area (Å²) in [5, 5.41) is 18.5. The molecular formula is C19H21ClN4OS. The third-order valence-corrected chi connectivity index (χ3v) is 5.40. The van der Waals surface area contributed by atoms with E-state index in [1.54, 1.807) is 30.6 Å². The van der Waals surface area contributed by atoms with Crippen LogP contribution in [0.5, 0.6) is 0 Å². The van der Waals surface area contributed by atoms with Crippen LogP contribution in [0.4, 0.5) is 0 Å². The lowest BCUT2D eigenvalue weighted by molar-refractivity contribution is 0.184. The molecule has 0 radical (unpaired) electrons. The molecule has 5 nitrogen and oxygen atoms in total. The number of aliphatic hydroxyl groups is 1. The number of aliphatic imine (C=N–C) groups is 1. The van der Waals surface area contributed by atoms with Crippen LogP contribution in [0.3, 0.4) is 0 Å². The van der Waals surface area contributed by atoms with Crippen LogP contribution in [-0.4, -0.2) is 36.2 Å². The van der Waals surface area contributed by atoms with Crippen molar-refractivity contribution in [3.8, 4) is 0 Å². The maximum atomic E-state index is 10.4. The molecule has 2 heterocycles. The summed E-state index contributed by atoms with van der Waals surface area (Å²) in [7, 11) is 1.71. The van der Waals surface area contributed by atoms with Gasteiger partial charge in [0.15, 0.2) is 5.96 Å². The van der Waals surface area contributed by atoms with E-state index < -0.39 is 6.10 Å². The number of guanidine groups is 1. The molecule has 0 saturated carbocycles. The number of aliphatic hydroxyl groups excluding tert-OH is 1. The molecule has 0 amide bonds. The third kappa shape index (κ3) is 4.94. The molecule has 7 heteroatoms. The molecule has 3 rings (SSSR count). The van der Waals surface area contributed by atoms with Crippen molar-refractivity contribution in [2.45, 2.75) is 12.5 Å². The maximum absolute atomic E-state index is 10.4. The summed E-state index contributed by atoms with van der Waals surface area (Å²) >= 11 is 7.40. The Bertz CT molecular complexity index is 846. The number of hydrogen-bond donors (Lipinski definition) is 3. The molecule has 0 bridgehead atoms. The van der Waals surface area contributed by atoms with Crippen LogP contribution in [0.2, 0.25) is 5.15 Å². The molecule has 0 spiro atoms. The number of thiophene rings is 1. The molecule has 0 aliphatic rings.